The van der Waals surface area contributed by atoms with Crippen LogP contribution in [0.4, 0.5) is 4.39 Å². The summed E-state index contributed by atoms with van der Waals surface area (Å²) in [5.74, 6) is -1.57. The summed E-state index contributed by atoms with van der Waals surface area (Å²) >= 11 is 3.22. The quantitative estimate of drug-likeness (QED) is 0.812. The number of carboxylic acids is 1. The lowest BCUT2D eigenvalue weighted by atomic mass is 10.1. The van der Waals surface area contributed by atoms with E-state index in [0.29, 0.717) is 5.56 Å². The molecular formula is C13H15BrFNO3. The van der Waals surface area contributed by atoms with Crippen LogP contribution >= 0.6 is 15.9 Å². The van der Waals surface area contributed by atoms with E-state index >= 15 is 0 Å². The van der Waals surface area contributed by atoms with E-state index in [1.54, 1.807) is 18.2 Å². The monoisotopic (exact) mass is 331 g/mol. The molecule has 1 aromatic rings. The molecule has 1 aromatic carbocycles. The summed E-state index contributed by atoms with van der Waals surface area (Å²) in [5.41, 5.74) is 0.448. The largest absolute Gasteiger partial charge is 0.481 e. The van der Waals surface area contributed by atoms with Gasteiger partial charge in [0.05, 0.1) is 11.2 Å². The van der Waals surface area contributed by atoms with Gasteiger partial charge in [0.15, 0.2) is 0 Å². The first-order chi connectivity index (χ1) is 8.91. The average molecular weight is 332 g/mol. The van der Waals surface area contributed by atoms with Crippen molar-refractivity contribution in [1.29, 1.82) is 0 Å². The topological polar surface area (TPSA) is 57.6 Å². The Morgan fingerprint density at radius 3 is 2.63 bits per heavy atom. The number of rotatable bonds is 6. The second-order valence-electron chi connectivity index (χ2n) is 4.17. The van der Waals surface area contributed by atoms with E-state index in [9.17, 15) is 14.0 Å². The number of hydrogen-bond donors (Lipinski definition) is 1. The summed E-state index contributed by atoms with van der Waals surface area (Å²) in [6, 6.07) is 6.25. The highest BCUT2D eigenvalue weighted by Crippen LogP contribution is 2.15. The van der Waals surface area contributed by atoms with Crippen LogP contribution in [0.25, 0.3) is 0 Å². The lowest BCUT2D eigenvalue weighted by Gasteiger charge is -2.19. The van der Waals surface area contributed by atoms with Gasteiger partial charge in [-0.3, -0.25) is 9.59 Å². The van der Waals surface area contributed by atoms with Gasteiger partial charge < -0.3 is 10.0 Å². The number of carbonyl (C=O) groups is 2. The molecule has 19 heavy (non-hydrogen) atoms. The maximum Gasteiger partial charge on any atom is 0.305 e. The fourth-order valence-corrected chi connectivity index (χ4v) is 2.26. The van der Waals surface area contributed by atoms with Crippen LogP contribution in [0.2, 0.25) is 0 Å². The van der Waals surface area contributed by atoms with Gasteiger partial charge in [-0.05, 0) is 18.1 Å². The van der Waals surface area contributed by atoms with Crippen molar-refractivity contribution < 1.29 is 19.1 Å². The molecule has 0 radical (unpaired) electrons. The standard InChI is InChI=1S/C13H15BrFNO3/c1-16(7-6-12(17)18)13(19)10(14)8-9-4-2-3-5-11(9)15/h2-5,10H,6-8H2,1H3,(H,17,18). The molecule has 1 amide bonds. The zero-order valence-corrected chi connectivity index (χ0v) is 12.1. The molecule has 4 nitrogen and oxygen atoms in total. The summed E-state index contributed by atoms with van der Waals surface area (Å²) in [7, 11) is 1.53. The molecular weight excluding hydrogens is 317 g/mol. The van der Waals surface area contributed by atoms with E-state index in [2.05, 4.69) is 15.9 Å². The van der Waals surface area contributed by atoms with Crippen LogP contribution in [0.5, 0.6) is 0 Å². The molecule has 0 spiro atoms. The van der Waals surface area contributed by atoms with E-state index < -0.39 is 10.8 Å². The molecule has 0 bridgehead atoms. The molecule has 0 aliphatic rings. The first-order valence-corrected chi connectivity index (χ1v) is 6.67. The lowest BCUT2D eigenvalue weighted by molar-refractivity contribution is -0.138. The zero-order valence-electron chi connectivity index (χ0n) is 10.5. The van der Waals surface area contributed by atoms with Crippen LogP contribution in [0, 0.1) is 5.82 Å². The summed E-state index contributed by atoms with van der Waals surface area (Å²) in [5, 5.41) is 8.56. The maximum atomic E-state index is 13.4. The van der Waals surface area contributed by atoms with E-state index in [1.165, 1.54) is 18.0 Å². The number of carboxylic acid groups (broad SMARTS) is 1. The highest BCUT2D eigenvalue weighted by molar-refractivity contribution is 9.10. The van der Waals surface area contributed by atoms with E-state index in [4.69, 9.17) is 5.11 Å². The van der Waals surface area contributed by atoms with Crippen LogP contribution in [-0.4, -0.2) is 40.3 Å². The minimum absolute atomic E-state index is 0.109. The Labute approximate surface area is 119 Å². The molecule has 0 heterocycles. The van der Waals surface area contributed by atoms with Crippen molar-refractivity contribution >= 4 is 27.8 Å². The van der Waals surface area contributed by atoms with Gasteiger partial charge in [-0.1, -0.05) is 34.1 Å². The number of nitrogens with zero attached hydrogens (tertiary/aromatic N) is 1. The second kappa shape index (κ2) is 7.23. The fourth-order valence-electron chi connectivity index (χ4n) is 1.56. The minimum atomic E-state index is -0.958. The van der Waals surface area contributed by atoms with Crippen LogP contribution in [-0.2, 0) is 16.0 Å². The van der Waals surface area contributed by atoms with Gasteiger partial charge in [-0.25, -0.2) is 4.39 Å². The Morgan fingerprint density at radius 1 is 1.42 bits per heavy atom. The predicted molar refractivity (Wildman–Crippen MR) is 72.7 cm³/mol. The number of carbonyl (C=O) groups excluding carboxylic acids is 1. The molecule has 0 aliphatic carbocycles. The summed E-state index contributed by atoms with van der Waals surface area (Å²) in [4.78, 5) is 23.1. The third kappa shape index (κ3) is 4.98. The molecule has 1 unspecified atom stereocenters. The van der Waals surface area contributed by atoms with Crippen molar-refractivity contribution in [3.8, 4) is 0 Å². The Hall–Kier alpha value is -1.43. The number of alkyl halides is 1. The molecule has 1 N–H and O–H groups in total. The summed E-state index contributed by atoms with van der Waals surface area (Å²) in [6.07, 6.45) is 0.116. The normalized spacial score (nSPS) is 11.9. The van der Waals surface area contributed by atoms with Crippen LogP contribution in [0.1, 0.15) is 12.0 Å². The van der Waals surface area contributed by atoms with Gasteiger partial charge >= 0.3 is 5.97 Å². The second-order valence-corrected chi connectivity index (χ2v) is 5.27. The van der Waals surface area contributed by atoms with Crippen molar-refractivity contribution in [2.75, 3.05) is 13.6 Å². The summed E-state index contributed by atoms with van der Waals surface area (Å²) in [6.45, 7) is 0.132. The molecule has 0 saturated heterocycles. The molecule has 1 atom stereocenters. The van der Waals surface area contributed by atoms with Gasteiger partial charge in [0.25, 0.3) is 0 Å². The van der Waals surface area contributed by atoms with Gasteiger partial charge in [0, 0.05) is 13.6 Å². The number of aliphatic carboxylic acids is 1. The Bertz CT molecular complexity index is 467. The number of halogens is 2. The van der Waals surface area contributed by atoms with Crippen LogP contribution < -0.4 is 0 Å². The first kappa shape index (κ1) is 15.6. The minimum Gasteiger partial charge on any atom is -0.481 e. The van der Waals surface area contributed by atoms with Crippen molar-refractivity contribution in [3.05, 3.63) is 35.6 Å². The van der Waals surface area contributed by atoms with Gasteiger partial charge in [0.2, 0.25) is 5.91 Å². The Morgan fingerprint density at radius 2 is 2.05 bits per heavy atom. The van der Waals surface area contributed by atoms with Crippen molar-refractivity contribution in [3.63, 3.8) is 0 Å². The van der Waals surface area contributed by atoms with E-state index in [-0.39, 0.29) is 31.1 Å². The predicted octanol–water partition coefficient (Wildman–Crippen LogP) is 2.06. The Kier molecular flexibility index (Phi) is 5.95. The van der Waals surface area contributed by atoms with Crippen LogP contribution in [0.3, 0.4) is 0 Å². The first-order valence-electron chi connectivity index (χ1n) is 5.76. The van der Waals surface area contributed by atoms with Gasteiger partial charge in [-0.15, -0.1) is 0 Å². The SMILES string of the molecule is CN(CCC(=O)O)C(=O)C(Br)Cc1ccccc1F. The lowest BCUT2D eigenvalue weighted by Crippen LogP contribution is -2.35. The van der Waals surface area contributed by atoms with Crippen molar-refractivity contribution in [2.45, 2.75) is 17.7 Å². The molecule has 1 rings (SSSR count). The molecule has 6 heteroatoms. The average Bonchev–Trinajstić information content (AvgIpc) is 2.37. The van der Waals surface area contributed by atoms with Gasteiger partial charge in [0.1, 0.15) is 5.82 Å². The fraction of sp³-hybridized carbons (Fsp3) is 0.385. The molecule has 0 aliphatic heterocycles. The maximum absolute atomic E-state index is 13.4. The van der Waals surface area contributed by atoms with Crippen LogP contribution in [0.15, 0.2) is 24.3 Å². The zero-order chi connectivity index (χ0) is 14.4. The number of benzene rings is 1. The number of hydrogen-bond acceptors (Lipinski definition) is 2. The Balaban J connectivity index is 2.57. The smallest absolute Gasteiger partial charge is 0.305 e. The van der Waals surface area contributed by atoms with Crippen molar-refractivity contribution in [1.82, 2.24) is 4.90 Å². The third-order valence-electron chi connectivity index (χ3n) is 2.66. The van der Waals surface area contributed by atoms with Crippen molar-refractivity contribution in [2.24, 2.45) is 0 Å². The molecule has 0 saturated carbocycles. The highest BCUT2D eigenvalue weighted by atomic mass is 79.9. The van der Waals surface area contributed by atoms with Gasteiger partial charge in [-0.2, -0.15) is 0 Å². The number of amides is 1. The molecule has 0 fully saturated rings. The molecule has 0 aromatic heterocycles. The third-order valence-corrected chi connectivity index (χ3v) is 3.38. The summed E-state index contributed by atoms with van der Waals surface area (Å²) < 4.78 is 13.4. The van der Waals surface area contributed by atoms with E-state index in [0.717, 1.165) is 0 Å². The van der Waals surface area contributed by atoms with E-state index in [1.807, 2.05) is 0 Å². The molecule has 104 valence electrons. The highest BCUT2D eigenvalue weighted by Gasteiger charge is 2.21.